The van der Waals surface area contributed by atoms with Gasteiger partial charge in [0, 0.05) is 23.3 Å². The van der Waals surface area contributed by atoms with Gasteiger partial charge in [0.15, 0.2) is 5.78 Å². The summed E-state index contributed by atoms with van der Waals surface area (Å²) in [5, 5.41) is 6.77. The minimum Gasteiger partial charge on any atom is -0.382 e. The third-order valence-electron chi connectivity index (χ3n) is 3.77. The van der Waals surface area contributed by atoms with Crippen molar-refractivity contribution in [2.45, 2.75) is 51.2 Å². The second-order valence-corrected chi connectivity index (χ2v) is 5.65. The molecule has 1 heterocycles. The Morgan fingerprint density at radius 1 is 1.44 bits per heavy atom. The van der Waals surface area contributed by atoms with Gasteiger partial charge in [0.05, 0.1) is 6.04 Å². The molecule has 96 valence electrons. The zero-order valence-electron chi connectivity index (χ0n) is 11.0. The van der Waals surface area contributed by atoms with E-state index in [1.165, 1.54) is 24.1 Å². The Hall–Kier alpha value is -1.35. The number of hydrogen-bond acceptors (Lipinski definition) is 3. The summed E-state index contributed by atoms with van der Waals surface area (Å²) in [4.78, 5) is 12.3. The Morgan fingerprint density at radius 3 is 2.94 bits per heavy atom. The fourth-order valence-corrected chi connectivity index (χ4v) is 2.63. The molecule has 2 atom stereocenters. The van der Waals surface area contributed by atoms with Gasteiger partial charge in [0.2, 0.25) is 0 Å². The van der Waals surface area contributed by atoms with E-state index in [0.29, 0.717) is 12.1 Å². The number of ketones is 1. The van der Waals surface area contributed by atoms with E-state index in [2.05, 4.69) is 23.6 Å². The normalized spacial score (nSPS) is 23.3. The summed E-state index contributed by atoms with van der Waals surface area (Å²) in [6.07, 6.45) is 3.44. The van der Waals surface area contributed by atoms with Crippen LogP contribution in [0.25, 0.3) is 0 Å². The van der Waals surface area contributed by atoms with Crippen molar-refractivity contribution in [1.82, 2.24) is 5.32 Å². The van der Waals surface area contributed by atoms with E-state index in [4.69, 9.17) is 0 Å². The standard InChI is InChI=1S/C15H20N2O/c1-9-7-12-8-11(3-6-14(12)16-9)15(18)10(2)17-13-4-5-13/h3,6,8-10,13,16-17H,4-5,7H2,1-2H3. The van der Waals surface area contributed by atoms with Crippen molar-refractivity contribution in [1.29, 1.82) is 0 Å². The molecule has 0 spiro atoms. The van der Waals surface area contributed by atoms with Crippen LogP contribution in [0.2, 0.25) is 0 Å². The lowest BCUT2D eigenvalue weighted by atomic mass is 10.0. The van der Waals surface area contributed by atoms with Gasteiger partial charge in [0.1, 0.15) is 0 Å². The monoisotopic (exact) mass is 244 g/mol. The van der Waals surface area contributed by atoms with Crippen molar-refractivity contribution >= 4 is 11.5 Å². The average molecular weight is 244 g/mol. The molecule has 1 aliphatic heterocycles. The average Bonchev–Trinajstić information content (AvgIpc) is 3.06. The van der Waals surface area contributed by atoms with E-state index in [1.54, 1.807) is 0 Å². The van der Waals surface area contributed by atoms with Crippen molar-refractivity contribution in [2.24, 2.45) is 0 Å². The number of hydrogen-bond donors (Lipinski definition) is 2. The fourth-order valence-electron chi connectivity index (χ4n) is 2.63. The lowest BCUT2D eigenvalue weighted by molar-refractivity contribution is 0.0950. The quantitative estimate of drug-likeness (QED) is 0.799. The van der Waals surface area contributed by atoms with Crippen LogP contribution in [0.1, 0.15) is 42.6 Å². The Balaban J connectivity index is 1.75. The Morgan fingerprint density at radius 2 is 2.22 bits per heavy atom. The summed E-state index contributed by atoms with van der Waals surface area (Å²) in [6, 6.07) is 7.02. The third kappa shape index (κ3) is 2.27. The molecule has 2 unspecified atom stereocenters. The number of nitrogens with one attached hydrogen (secondary N) is 2. The van der Waals surface area contributed by atoms with Crippen LogP contribution in [-0.4, -0.2) is 23.9 Å². The van der Waals surface area contributed by atoms with Crippen LogP contribution in [-0.2, 0) is 6.42 Å². The van der Waals surface area contributed by atoms with E-state index >= 15 is 0 Å². The topological polar surface area (TPSA) is 41.1 Å². The highest BCUT2D eigenvalue weighted by atomic mass is 16.1. The summed E-state index contributed by atoms with van der Waals surface area (Å²) in [5.74, 6) is 0.212. The van der Waals surface area contributed by atoms with Crippen molar-refractivity contribution in [3.63, 3.8) is 0 Å². The Kier molecular flexibility index (Phi) is 2.86. The van der Waals surface area contributed by atoms with Gasteiger partial charge in [-0.1, -0.05) is 0 Å². The van der Waals surface area contributed by atoms with Crippen LogP contribution >= 0.6 is 0 Å². The first kappa shape index (κ1) is 11.7. The van der Waals surface area contributed by atoms with Crippen molar-refractivity contribution in [3.05, 3.63) is 29.3 Å². The first-order valence-corrected chi connectivity index (χ1v) is 6.83. The van der Waals surface area contributed by atoms with E-state index in [0.717, 1.165) is 12.0 Å². The van der Waals surface area contributed by atoms with E-state index in [9.17, 15) is 4.79 Å². The molecular weight excluding hydrogens is 224 g/mol. The van der Waals surface area contributed by atoms with Crippen molar-refractivity contribution in [3.8, 4) is 0 Å². The predicted octanol–water partition coefficient (Wildman–Crippen LogP) is 2.37. The summed E-state index contributed by atoms with van der Waals surface area (Å²) in [7, 11) is 0. The van der Waals surface area contributed by atoms with Gasteiger partial charge in [-0.2, -0.15) is 0 Å². The zero-order valence-corrected chi connectivity index (χ0v) is 11.0. The summed E-state index contributed by atoms with van der Waals surface area (Å²) in [6.45, 7) is 4.13. The van der Waals surface area contributed by atoms with Crippen molar-refractivity contribution in [2.75, 3.05) is 5.32 Å². The van der Waals surface area contributed by atoms with Gasteiger partial charge < -0.3 is 10.6 Å². The van der Waals surface area contributed by atoms with Gasteiger partial charge in [0.25, 0.3) is 0 Å². The molecule has 1 fully saturated rings. The smallest absolute Gasteiger partial charge is 0.179 e. The van der Waals surface area contributed by atoms with E-state index in [1.807, 2.05) is 19.1 Å². The molecule has 3 nitrogen and oxygen atoms in total. The lowest BCUT2D eigenvalue weighted by Gasteiger charge is -2.12. The molecule has 3 rings (SSSR count). The molecule has 1 aromatic carbocycles. The van der Waals surface area contributed by atoms with Gasteiger partial charge in [-0.05, 0) is 56.9 Å². The SMILES string of the molecule is CC1Cc2cc(C(=O)C(C)NC3CC3)ccc2N1. The van der Waals surface area contributed by atoms with E-state index < -0.39 is 0 Å². The van der Waals surface area contributed by atoms with Crippen molar-refractivity contribution < 1.29 is 4.79 Å². The maximum absolute atomic E-state index is 12.3. The van der Waals surface area contributed by atoms with Crippen LogP contribution in [0.15, 0.2) is 18.2 Å². The number of benzene rings is 1. The number of carbonyl (C=O) groups excluding carboxylic acids is 1. The number of anilines is 1. The molecule has 3 heteroatoms. The summed E-state index contributed by atoms with van der Waals surface area (Å²) >= 11 is 0. The Labute approximate surface area is 108 Å². The van der Waals surface area contributed by atoms with Gasteiger partial charge in [-0.3, -0.25) is 4.79 Å². The highest BCUT2D eigenvalue weighted by Crippen LogP contribution is 2.27. The molecule has 0 saturated heterocycles. The van der Waals surface area contributed by atoms with Crippen LogP contribution in [0, 0.1) is 0 Å². The highest BCUT2D eigenvalue weighted by Gasteiger charge is 2.27. The Bertz CT molecular complexity index is 479. The van der Waals surface area contributed by atoms with Crippen LogP contribution in [0.4, 0.5) is 5.69 Å². The molecule has 18 heavy (non-hydrogen) atoms. The van der Waals surface area contributed by atoms with Crippen LogP contribution in [0.5, 0.6) is 0 Å². The molecule has 2 aliphatic rings. The van der Waals surface area contributed by atoms with Crippen LogP contribution in [0.3, 0.4) is 0 Å². The zero-order chi connectivity index (χ0) is 12.7. The second kappa shape index (κ2) is 4.39. The molecule has 1 saturated carbocycles. The largest absolute Gasteiger partial charge is 0.382 e. The minimum absolute atomic E-state index is 0.0673. The number of fused-ring (bicyclic) bond motifs is 1. The molecule has 2 N–H and O–H groups in total. The molecule has 1 aromatic rings. The van der Waals surface area contributed by atoms with Gasteiger partial charge >= 0.3 is 0 Å². The second-order valence-electron chi connectivity index (χ2n) is 5.65. The third-order valence-corrected chi connectivity index (χ3v) is 3.77. The van der Waals surface area contributed by atoms with E-state index in [-0.39, 0.29) is 11.8 Å². The molecule has 0 amide bonds. The maximum Gasteiger partial charge on any atom is 0.179 e. The number of Topliss-reactive ketones (excluding diaryl/α,β-unsaturated/α-hetero) is 1. The minimum atomic E-state index is -0.0673. The summed E-state index contributed by atoms with van der Waals surface area (Å²) in [5.41, 5.74) is 3.29. The molecule has 0 aromatic heterocycles. The van der Waals surface area contributed by atoms with Gasteiger partial charge in [-0.15, -0.1) is 0 Å². The predicted molar refractivity (Wildman–Crippen MR) is 73.2 cm³/mol. The molecule has 0 bridgehead atoms. The molecular formula is C15H20N2O. The first-order chi connectivity index (χ1) is 8.63. The van der Waals surface area contributed by atoms with Crippen LogP contribution < -0.4 is 10.6 Å². The maximum atomic E-state index is 12.3. The lowest BCUT2D eigenvalue weighted by Crippen LogP contribution is -2.35. The molecule has 0 radical (unpaired) electrons. The number of rotatable bonds is 4. The summed E-state index contributed by atoms with van der Waals surface area (Å²) < 4.78 is 0. The fraction of sp³-hybridized carbons (Fsp3) is 0.533. The highest BCUT2D eigenvalue weighted by molar-refractivity contribution is 6.00. The number of carbonyl (C=O) groups is 1. The molecule has 1 aliphatic carbocycles. The van der Waals surface area contributed by atoms with Gasteiger partial charge in [-0.25, -0.2) is 0 Å². The first-order valence-electron chi connectivity index (χ1n) is 6.83.